The fraction of sp³-hybridized carbons (Fsp3) is 0.417. The molecule has 1 aliphatic heterocycles. The second-order valence-corrected chi connectivity index (χ2v) is 8.50. The Kier molecular flexibility index (Phi) is 6.87. The average molecular weight is 476 g/mol. The molecule has 10 heteroatoms. The molecule has 1 fully saturated rings. The smallest absolute Gasteiger partial charge is 0.229 e. The predicted molar refractivity (Wildman–Crippen MR) is 120 cm³/mol. The minimum absolute atomic E-state index is 0.0580. The molecule has 0 saturated carbocycles. The molecule has 0 spiro atoms. The molecule has 2 aromatic carbocycles. The van der Waals surface area contributed by atoms with Crippen molar-refractivity contribution < 1.29 is 50.3 Å². The van der Waals surface area contributed by atoms with E-state index in [0.717, 1.165) is 12.8 Å². The molecule has 1 heterocycles. The molecule has 0 radical (unpaired) electrons. The molecule has 8 N–H and O–H groups in total. The van der Waals surface area contributed by atoms with Gasteiger partial charge in [-0.1, -0.05) is 12.1 Å². The van der Waals surface area contributed by atoms with Crippen molar-refractivity contribution in [1.29, 1.82) is 0 Å². The van der Waals surface area contributed by atoms with Crippen LogP contribution in [0.5, 0.6) is 28.7 Å². The van der Waals surface area contributed by atoms with Gasteiger partial charge >= 0.3 is 0 Å². The van der Waals surface area contributed by atoms with Crippen molar-refractivity contribution in [2.24, 2.45) is 0 Å². The normalized spacial score (nSPS) is 27.0. The van der Waals surface area contributed by atoms with Gasteiger partial charge < -0.3 is 50.3 Å². The summed E-state index contributed by atoms with van der Waals surface area (Å²) < 4.78 is 10.8. The van der Waals surface area contributed by atoms with Crippen LogP contribution in [0.1, 0.15) is 35.1 Å². The first kappa shape index (κ1) is 24.1. The van der Waals surface area contributed by atoms with E-state index >= 15 is 0 Å². The summed E-state index contributed by atoms with van der Waals surface area (Å²) in [5.74, 6) is -1.19. The Morgan fingerprint density at radius 1 is 0.853 bits per heavy atom. The van der Waals surface area contributed by atoms with Gasteiger partial charge in [-0.2, -0.15) is 0 Å². The Hall–Kier alpha value is -3.02. The number of benzene rings is 2. The predicted octanol–water partition coefficient (Wildman–Crippen LogP) is 0.737. The number of fused-ring (bicyclic) bond motifs is 1. The van der Waals surface area contributed by atoms with Gasteiger partial charge in [0, 0.05) is 11.1 Å². The lowest BCUT2D eigenvalue weighted by Gasteiger charge is -2.39. The van der Waals surface area contributed by atoms with E-state index in [2.05, 4.69) is 0 Å². The van der Waals surface area contributed by atoms with Crippen LogP contribution in [0.2, 0.25) is 0 Å². The molecule has 0 amide bonds. The molecule has 10 nitrogen and oxygen atoms in total. The monoisotopic (exact) mass is 476 g/mol. The maximum atomic E-state index is 10.7. The number of aromatic hydroxyl groups is 4. The number of phenolic OH excluding ortho intramolecular Hbond substituents is 4. The first-order valence-electron chi connectivity index (χ1n) is 11.0. The molecule has 34 heavy (non-hydrogen) atoms. The summed E-state index contributed by atoms with van der Waals surface area (Å²) in [5.41, 5.74) is 1.69. The van der Waals surface area contributed by atoms with E-state index in [1.807, 2.05) is 0 Å². The van der Waals surface area contributed by atoms with Gasteiger partial charge in [-0.25, -0.2) is 0 Å². The van der Waals surface area contributed by atoms with Crippen LogP contribution in [-0.2, 0) is 17.6 Å². The van der Waals surface area contributed by atoms with E-state index in [1.165, 1.54) is 30.4 Å². The second kappa shape index (κ2) is 9.69. The van der Waals surface area contributed by atoms with Gasteiger partial charge in [-0.05, 0) is 49.5 Å². The fourth-order valence-corrected chi connectivity index (χ4v) is 4.33. The Morgan fingerprint density at radius 2 is 1.53 bits per heavy atom. The molecule has 2 aromatic rings. The van der Waals surface area contributed by atoms with Crippen LogP contribution in [0.15, 0.2) is 18.2 Å². The molecule has 2 aliphatic rings. The van der Waals surface area contributed by atoms with E-state index in [-0.39, 0.29) is 28.6 Å². The average Bonchev–Trinajstić information content (AvgIpc) is 2.84. The van der Waals surface area contributed by atoms with Gasteiger partial charge in [0.2, 0.25) is 6.29 Å². The number of ether oxygens (including phenoxy) is 2. The Labute approximate surface area is 195 Å². The molecule has 0 bridgehead atoms. The van der Waals surface area contributed by atoms with Crippen LogP contribution in [0, 0.1) is 0 Å². The molecule has 5 atom stereocenters. The van der Waals surface area contributed by atoms with Gasteiger partial charge in [0.25, 0.3) is 0 Å². The van der Waals surface area contributed by atoms with Crippen molar-refractivity contribution in [1.82, 2.24) is 0 Å². The minimum Gasteiger partial charge on any atom is -0.507 e. The quantitative estimate of drug-likeness (QED) is 0.174. The molecule has 0 unspecified atom stereocenters. The zero-order valence-electron chi connectivity index (χ0n) is 18.2. The van der Waals surface area contributed by atoms with Crippen molar-refractivity contribution in [2.75, 3.05) is 6.61 Å². The van der Waals surface area contributed by atoms with Gasteiger partial charge in [0.05, 0.1) is 12.2 Å². The summed E-state index contributed by atoms with van der Waals surface area (Å²) in [6.45, 7) is -0.625. The van der Waals surface area contributed by atoms with Crippen LogP contribution in [0.25, 0.3) is 12.2 Å². The topological polar surface area (TPSA) is 180 Å². The van der Waals surface area contributed by atoms with Gasteiger partial charge in [-0.15, -0.1) is 0 Å². The molecule has 1 aliphatic carbocycles. The van der Waals surface area contributed by atoms with Crippen LogP contribution in [0.4, 0.5) is 0 Å². The van der Waals surface area contributed by atoms with Crippen molar-refractivity contribution >= 4 is 12.2 Å². The van der Waals surface area contributed by atoms with Crippen LogP contribution >= 0.6 is 0 Å². The Morgan fingerprint density at radius 3 is 2.21 bits per heavy atom. The summed E-state index contributed by atoms with van der Waals surface area (Å²) in [5, 5.41) is 80.9. The third kappa shape index (κ3) is 4.38. The maximum absolute atomic E-state index is 10.7. The lowest BCUT2D eigenvalue weighted by atomic mass is 9.87. The molecule has 1 saturated heterocycles. The first-order valence-corrected chi connectivity index (χ1v) is 11.0. The molecule has 4 rings (SSSR count). The molecular weight excluding hydrogens is 448 g/mol. The highest BCUT2D eigenvalue weighted by atomic mass is 16.7. The SMILES string of the molecule is OC[C@H]1O[C@@H](Oc2cc(C=Cc3c(O)c(O)c4c(c3O)CCCC4)ccc2O)[C@@H](O)[C@@H](O)[C@H]1O. The highest BCUT2D eigenvalue weighted by Gasteiger charge is 2.44. The lowest BCUT2D eigenvalue weighted by molar-refractivity contribution is -0.277. The number of hydrogen-bond acceptors (Lipinski definition) is 10. The number of aliphatic hydroxyl groups is 4. The maximum Gasteiger partial charge on any atom is 0.229 e. The number of phenols is 4. The van der Waals surface area contributed by atoms with Crippen molar-refractivity contribution in [3.05, 3.63) is 40.5 Å². The van der Waals surface area contributed by atoms with E-state index in [4.69, 9.17) is 9.47 Å². The summed E-state index contributed by atoms with van der Waals surface area (Å²) in [4.78, 5) is 0. The third-order valence-corrected chi connectivity index (χ3v) is 6.29. The van der Waals surface area contributed by atoms with Crippen LogP contribution < -0.4 is 4.74 Å². The number of rotatable bonds is 5. The zero-order chi connectivity index (χ0) is 24.6. The van der Waals surface area contributed by atoms with Crippen molar-refractivity contribution in [2.45, 2.75) is 56.4 Å². The summed E-state index contributed by atoms with van der Waals surface area (Å²) in [6.07, 6.45) is -1.66. The standard InChI is InChI=1S/C24H28O10/c25-10-17-21(30)22(31)23(32)24(34-17)33-16-9-11(6-8-15(16)26)5-7-14-18(27)12-3-1-2-4-13(12)19(28)20(14)29/h5-9,17,21-32H,1-4,10H2/t17-,21+,22+,23+,24-/m1/s1. The minimum atomic E-state index is -1.65. The summed E-state index contributed by atoms with van der Waals surface area (Å²) in [6, 6.07) is 4.22. The van der Waals surface area contributed by atoms with E-state index < -0.39 is 43.1 Å². The number of hydrogen-bond donors (Lipinski definition) is 8. The van der Waals surface area contributed by atoms with Crippen LogP contribution in [0.3, 0.4) is 0 Å². The Bertz CT molecular complexity index is 1080. The number of aliphatic hydroxyl groups excluding tert-OH is 4. The van der Waals surface area contributed by atoms with E-state index in [9.17, 15) is 40.9 Å². The lowest BCUT2D eigenvalue weighted by Crippen LogP contribution is -2.60. The van der Waals surface area contributed by atoms with Crippen LogP contribution in [-0.4, -0.2) is 78.2 Å². The van der Waals surface area contributed by atoms with Crippen molar-refractivity contribution in [3.8, 4) is 28.7 Å². The molecular formula is C24H28O10. The van der Waals surface area contributed by atoms with Gasteiger partial charge in [-0.3, -0.25) is 0 Å². The Balaban J connectivity index is 1.59. The van der Waals surface area contributed by atoms with Gasteiger partial charge in [0.1, 0.15) is 30.2 Å². The van der Waals surface area contributed by atoms with Gasteiger partial charge in [0.15, 0.2) is 23.0 Å². The molecule has 0 aromatic heterocycles. The summed E-state index contributed by atoms with van der Waals surface area (Å²) >= 11 is 0. The second-order valence-electron chi connectivity index (χ2n) is 8.50. The first-order chi connectivity index (χ1) is 16.2. The fourth-order valence-electron chi connectivity index (χ4n) is 4.33. The zero-order valence-corrected chi connectivity index (χ0v) is 18.2. The highest BCUT2D eigenvalue weighted by molar-refractivity contribution is 5.80. The highest BCUT2D eigenvalue weighted by Crippen LogP contribution is 2.46. The van der Waals surface area contributed by atoms with E-state index in [1.54, 1.807) is 0 Å². The third-order valence-electron chi connectivity index (χ3n) is 6.29. The largest absolute Gasteiger partial charge is 0.507 e. The molecule has 184 valence electrons. The van der Waals surface area contributed by atoms with E-state index in [0.29, 0.717) is 29.5 Å². The summed E-state index contributed by atoms with van der Waals surface area (Å²) in [7, 11) is 0. The van der Waals surface area contributed by atoms with Crippen molar-refractivity contribution in [3.63, 3.8) is 0 Å².